The highest BCUT2D eigenvalue weighted by atomic mass is 79.9. The van der Waals surface area contributed by atoms with Gasteiger partial charge >= 0.3 is 5.97 Å². The van der Waals surface area contributed by atoms with Crippen molar-refractivity contribution < 1.29 is 28.5 Å². The van der Waals surface area contributed by atoms with Crippen molar-refractivity contribution >= 4 is 50.9 Å². The predicted molar refractivity (Wildman–Crippen MR) is 134 cm³/mol. The topological polar surface area (TPSA) is 97.1 Å². The molecule has 2 aromatic carbocycles. The van der Waals surface area contributed by atoms with Crippen molar-refractivity contribution in [2.24, 2.45) is 5.73 Å². The Morgan fingerprint density at radius 3 is 2.66 bits per heavy atom. The van der Waals surface area contributed by atoms with Gasteiger partial charge in [-0.15, -0.1) is 0 Å². The summed E-state index contributed by atoms with van der Waals surface area (Å²) in [6.07, 6.45) is 1.56. The Hall–Kier alpha value is -2.68. The van der Waals surface area contributed by atoms with E-state index in [1.165, 1.54) is 14.2 Å². The Labute approximate surface area is 220 Å². The number of methoxy groups -OCH3 is 2. The summed E-state index contributed by atoms with van der Waals surface area (Å²) in [6.45, 7) is 0.162. The van der Waals surface area contributed by atoms with E-state index in [1.54, 1.807) is 30.3 Å². The molecule has 4 rings (SSSR count). The monoisotopic (exact) mass is 581 g/mol. The number of ether oxygens (including phenoxy) is 4. The molecule has 0 bridgehead atoms. The predicted octanol–water partition coefficient (Wildman–Crippen LogP) is 5.81. The first-order valence-electron chi connectivity index (χ1n) is 10.7. The molecule has 0 fully saturated rings. The third-order valence-corrected chi connectivity index (χ3v) is 7.04. The normalized spacial score (nSPS) is 17.6. The van der Waals surface area contributed by atoms with Gasteiger partial charge in [0.2, 0.25) is 5.88 Å². The molecule has 0 radical (unpaired) electrons. The molecule has 1 heterocycles. The number of carbonyl (C=O) groups excluding carboxylic acids is 2. The van der Waals surface area contributed by atoms with Crippen LogP contribution in [0, 0.1) is 0 Å². The van der Waals surface area contributed by atoms with Gasteiger partial charge in [0.15, 0.2) is 17.3 Å². The Morgan fingerprint density at radius 2 is 1.97 bits per heavy atom. The summed E-state index contributed by atoms with van der Waals surface area (Å²) in [7, 11) is 2.75. The molecule has 0 saturated heterocycles. The van der Waals surface area contributed by atoms with Crippen molar-refractivity contribution in [2.45, 2.75) is 31.8 Å². The fraction of sp³-hybridized carbons (Fsp3) is 0.280. The number of hydrogen-bond acceptors (Lipinski definition) is 7. The lowest BCUT2D eigenvalue weighted by molar-refractivity contribution is -0.136. The number of ketones is 1. The average molecular weight is 583 g/mol. The third kappa shape index (κ3) is 5.01. The minimum Gasteiger partial charge on any atom is -0.493 e. The first kappa shape index (κ1) is 25.4. The van der Waals surface area contributed by atoms with Crippen LogP contribution in [0.15, 0.2) is 57.6 Å². The Balaban J connectivity index is 1.76. The second-order valence-electron chi connectivity index (χ2n) is 7.98. The molecular formula is C25H22BrCl2NO6. The van der Waals surface area contributed by atoms with Gasteiger partial charge in [-0.2, -0.15) is 0 Å². The van der Waals surface area contributed by atoms with Gasteiger partial charge in [-0.1, -0.05) is 29.3 Å². The van der Waals surface area contributed by atoms with Crippen molar-refractivity contribution in [3.63, 3.8) is 0 Å². The summed E-state index contributed by atoms with van der Waals surface area (Å²) < 4.78 is 22.8. The van der Waals surface area contributed by atoms with Gasteiger partial charge in [0.1, 0.15) is 17.9 Å². The molecule has 0 spiro atoms. The number of allylic oxidation sites excluding steroid dienone is 2. The number of nitrogens with two attached hydrogens (primary N) is 1. The number of esters is 1. The van der Waals surface area contributed by atoms with E-state index in [2.05, 4.69) is 15.9 Å². The van der Waals surface area contributed by atoms with Gasteiger partial charge in [-0.3, -0.25) is 4.79 Å². The van der Waals surface area contributed by atoms with Gasteiger partial charge < -0.3 is 24.7 Å². The molecule has 0 aromatic heterocycles. The fourth-order valence-corrected chi connectivity index (χ4v) is 5.27. The van der Waals surface area contributed by atoms with Crippen LogP contribution in [0.5, 0.6) is 11.5 Å². The van der Waals surface area contributed by atoms with E-state index in [1.807, 2.05) is 0 Å². The zero-order valence-corrected chi connectivity index (χ0v) is 22.1. The van der Waals surface area contributed by atoms with E-state index in [0.29, 0.717) is 62.2 Å². The van der Waals surface area contributed by atoms with Crippen molar-refractivity contribution in [1.29, 1.82) is 0 Å². The summed E-state index contributed by atoms with van der Waals surface area (Å²) in [5.74, 6) is -0.339. The summed E-state index contributed by atoms with van der Waals surface area (Å²) in [5, 5.41) is 1.00. The first-order chi connectivity index (χ1) is 16.7. The maximum atomic E-state index is 13.0. The fourth-order valence-electron chi connectivity index (χ4n) is 4.23. The highest BCUT2D eigenvalue weighted by molar-refractivity contribution is 9.10. The van der Waals surface area contributed by atoms with Crippen LogP contribution in [-0.4, -0.2) is 26.0 Å². The van der Waals surface area contributed by atoms with Gasteiger partial charge in [0, 0.05) is 34.0 Å². The van der Waals surface area contributed by atoms with E-state index >= 15 is 0 Å². The zero-order valence-electron chi connectivity index (χ0n) is 19.0. The number of hydrogen-bond donors (Lipinski definition) is 1. The molecular weight excluding hydrogens is 561 g/mol. The van der Waals surface area contributed by atoms with Crippen LogP contribution < -0.4 is 15.2 Å². The van der Waals surface area contributed by atoms with Gasteiger partial charge in [0.05, 0.1) is 24.6 Å². The third-order valence-electron chi connectivity index (χ3n) is 5.86. The quantitative estimate of drug-likeness (QED) is 0.429. The van der Waals surface area contributed by atoms with Crippen LogP contribution in [0.2, 0.25) is 10.0 Å². The van der Waals surface area contributed by atoms with Crippen LogP contribution >= 0.6 is 39.1 Å². The number of benzene rings is 2. The molecule has 2 N–H and O–H groups in total. The largest absolute Gasteiger partial charge is 0.493 e. The van der Waals surface area contributed by atoms with E-state index in [-0.39, 0.29) is 23.8 Å². The van der Waals surface area contributed by atoms with Crippen molar-refractivity contribution in [1.82, 2.24) is 0 Å². The lowest BCUT2D eigenvalue weighted by Crippen LogP contribution is -2.31. The average Bonchev–Trinajstić information content (AvgIpc) is 2.82. The van der Waals surface area contributed by atoms with Crippen molar-refractivity contribution in [2.75, 3.05) is 14.2 Å². The summed E-state index contributed by atoms with van der Waals surface area (Å²) in [5.41, 5.74) is 7.94. The van der Waals surface area contributed by atoms with E-state index in [0.717, 1.165) is 5.56 Å². The second-order valence-corrected chi connectivity index (χ2v) is 9.67. The van der Waals surface area contributed by atoms with Crippen LogP contribution in [-0.2, 0) is 25.7 Å². The highest BCUT2D eigenvalue weighted by Crippen LogP contribution is 2.47. The summed E-state index contributed by atoms with van der Waals surface area (Å²) in [4.78, 5) is 25.7. The Kier molecular flexibility index (Phi) is 7.64. The Bertz CT molecular complexity index is 1270. The van der Waals surface area contributed by atoms with Crippen molar-refractivity contribution in [3.8, 4) is 11.5 Å². The molecule has 0 amide bonds. The molecule has 2 aromatic rings. The summed E-state index contributed by atoms with van der Waals surface area (Å²) in [6, 6.07) is 8.62. The molecule has 1 aliphatic carbocycles. The standard InChI is InChI=1S/C25H22BrCl2NO6/c1-32-19-9-13(8-15(26)23(19)34-11-12-6-7-14(27)10-16(12)28)20-21-17(30)4-3-5-18(21)35-24(29)22(20)25(31)33-2/h6-10,20H,3-5,11,29H2,1-2H3/t20-/m1/s1. The molecule has 10 heteroatoms. The number of rotatable bonds is 6. The summed E-state index contributed by atoms with van der Waals surface area (Å²) >= 11 is 15.8. The number of halogens is 3. The van der Waals surface area contributed by atoms with Gasteiger partial charge in [-0.05, 0) is 52.2 Å². The molecule has 7 nitrogen and oxygen atoms in total. The minimum absolute atomic E-state index is 0.0667. The van der Waals surface area contributed by atoms with Gasteiger partial charge in [0.25, 0.3) is 0 Å². The van der Waals surface area contributed by atoms with E-state index in [4.69, 9.17) is 47.9 Å². The second kappa shape index (κ2) is 10.5. The van der Waals surface area contributed by atoms with E-state index in [9.17, 15) is 9.59 Å². The Morgan fingerprint density at radius 1 is 1.20 bits per heavy atom. The molecule has 0 unspecified atom stereocenters. The first-order valence-corrected chi connectivity index (χ1v) is 12.3. The minimum atomic E-state index is -0.774. The van der Waals surface area contributed by atoms with Crippen LogP contribution in [0.25, 0.3) is 0 Å². The number of carbonyl (C=O) groups is 2. The maximum Gasteiger partial charge on any atom is 0.340 e. The van der Waals surface area contributed by atoms with Gasteiger partial charge in [-0.25, -0.2) is 4.79 Å². The molecule has 2 aliphatic rings. The molecule has 1 atom stereocenters. The SMILES string of the molecule is COC(=O)C1=C(N)OC2=C(C(=O)CCC2)[C@H]1c1cc(Br)c(OCc2ccc(Cl)cc2Cl)c(OC)c1. The van der Waals surface area contributed by atoms with Crippen LogP contribution in [0.3, 0.4) is 0 Å². The lowest BCUT2D eigenvalue weighted by Gasteiger charge is -2.32. The molecule has 1 aliphatic heterocycles. The van der Waals surface area contributed by atoms with Crippen LogP contribution in [0.1, 0.15) is 36.3 Å². The lowest BCUT2D eigenvalue weighted by atomic mass is 9.77. The van der Waals surface area contributed by atoms with Crippen LogP contribution in [0.4, 0.5) is 0 Å². The molecule has 184 valence electrons. The molecule has 35 heavy (non-hydrogen) atoms. The molecule has 0 saturated carbocycles. The highest BCUT2D eigenvalue weighted by Gasteiger charge is 2.41. The van der Waals surface area contributed by atoms with E-state index < -0.39 is 11.9 Å². The number of Topliss-reactive ketones (excluding diaryl/α,β-unsaturated/α-hetero) is 1. The maximum absolute atomic E-state index is 13.0. The smallest absolute Gasteiger partial charge is 0.340 e. The zero-order chi connectivity index (χ0) is 25.3. The van der Waals surface area contributed by atoms with Crippen molar-refractivity contribution in [3.05, 3.63) is 78.8 Å².